The Labute approximate surface area is 181 Å². The van der Waals surface area contributed by atoms with Crippen LogP contribution in [0.25, 0.3) is 0 Å². The van der Waals surface area contributed by atoms with Gasteiger partial charge in [-0.1, -0.05) is 6.07 Å². The molecule has 1 fully saturated rings. The van der Waals surface area contributed by atoms with Crippen LogP contribution in [0, 0.1) is 19.8 Å². The van der Waals surface area contributed by atoms with Crippen molar-refractivity contribution in [1.29, 1.82) is 0 Å². The van der Waals surface area contributed by atoms with Crippen molar-refractivity contribution in [3.05, 3.63) is 47.5 Å². The largest absolute Gasteiger partial charge is 0.497 e. The van der Waals surface area contributed by atoms with E-state index in [1.807, 2.05) is 32.0 Å². The van der Waals surface area contributed by atoms with E-state index in [9.17, 15) is 14.4 Å². The fourth-order valence-electron chi connectivity index (χ4n) is 3.60. The summed E-state index contributed by atoms with van der Waals surface area (Å²) in [6.45, 7) is 3.59. The summed E-state index contributed by atoms with van der Waals surface area (Å²) in [6, 6.07) is 10.8. The van der Waals surface area contributed by atoms with E-state index >= 15 is 0 Å². The summed E-state index contributed by atoms with van der Waals surface area (Å²) < 4.78 is 15.7. The minimum absolute atomic E-state index is 0.00209. The third-order valence-electron chi connectivity index (χ3n) is 4.99. The molecule has 0 aliphatic carbocycles. The number of hydrogen-bond donors (Lipinski definition) is 1. The number of nitrogens with zero attached hydrogens (tertiary/aromatic N) is 1. The summed E-state index contributed by atoms with van der Waals surface area (Å²) in [7, 11) is 3.03. The minimum atomic E-state index is -0.669. The third-order valence-corrected chi connectivity index (χ3v) is 4.99. The number of anilines is 2. The number of amides is 2. The second kappa shape index (κ2) is 9.51. The van der Waals surface area contributed by atoms with E-state index in [1.165, 1.54) is 19.1 Å². The second-order valence-corrected chi connectivity index (χ2v) is 7.48. The van der Waals surface area contributed by atoms with Gasteiger partial charge in [0.25, 0.3) is 5.91 Å². The molecule has 0 radical (unpaired) electrons. The van der Waals surface area contributed by atoms with Crippen LogP contribution in [-0.4, -0.2) is 45.2 Å². The van der Waals surface area contributed by atoms with Crippen molar-refractivity contribution in [2.75, 3.05) is 37.6 Å². The molecule has 2 aromatic carbocycles. The molecule has 1 saturated heterocycles. The summed E-state index contributed by atoms with van der Waals surface area (Å²) in [5, 5.41) is 2.72. The molecule has 1 N–H and O–H groups in total. The average Bonchev–Trinajstić information content (AvgIpc) is 3.12. The van der Waals surface area contributed by atoms with Gasteiger partial charge in [0.15, 0.2) is 6.61 Å². The Kier molecular flexibility index (Phi) is 6.79. The van der Waals surface area contributed by atoms with Gasteiger partial charge in [-0.2, -0.15) is 0 Å². The van der Waals surface area contributed by atoms with Crippen molar-refractivity contribution in [2.45, 2.75) is 20.3 Å². The van der Waals surface area contributed by atoms with Crippen molar-refractivity contribution in [2.24, 2.45) is 5.92 Å². The Balaban J connectivity index is 1.60. The molecule has 2 amide bonds. The fourth-order valence-corrected chi connectivity index (χ4v) is 3.60. The highest BCUT2D eigenvalue weighted by atomic mass is 16.5. The topological polar surface area (TPSA) is 94.2 Å². The zero-order valence-electron chi connectivity index (χ0n) is 18.1. The van der Waals surface area contributed by atoms with Crippen LogP contribution in [0.1, 0.15) is 17.5 Å². The Morgan fingerprint density at radius 3 is 2.42 bits per heavy atom. The van der Waals surface area contributed by atoms with Gasteiger partial charge in [0.05, 0.1) is 25.8 Å². The van der Waals surface area contributed by atoms with Gasteiger partial charge in [-0.3, -0.25) is 14.4 Å². The molecule has 8 nitrogen and oxygen atoms in total. The maximum atomic E-state index is 12.5. The SMILES string of the molecule is COc1ccc(OC)c(N2C[C@H](C(=O)OCC(=O)Nc3cc(C)cc(C)c3)CC2=O)c1. The summed E-state index contributed by atoms with van der Waals surface area (Å²) in [5.74, 6) is -0.860. The molecule has 8 heteroatoms. The first-order chi connectivity index (χ1) is 14.8. The lowest BCUT2D eigenvalue weighted by atomic mass is 10.1. The highest BCUT2D eigenvalue weighted by Gasteiger charge is 2.37. The van der Waals surface area contributed by atoms with Gasteiger partial charge in [-0.25, -0.2) is 0 Å². The van der Waals surface area contributed by atoms with Crippen LogP contribution in [-0.2, 0) is 19.1 Å². The quantitative estimate of drug-likeness (QED) is 0.685. The zero-order valence-corrected chi connectivity index (χ0v) is 18.1. The van der Waals surface area contributed by atoms with Gasteiger partial charge in [-0.05, 0) is 49.2 Å². The van der Waals surface area contributed by atoms with E-state index in [0.717, 1.165) is 11.1 Å². The molecule has 1 aliphatic rings. The van der Waals surface area contributed by atoms with E-state index in [1.54, 1.807) is 18.2 Å². The number of esters is 1. The number of benzene rings is 2. The molecular formula is C23H26N2O6. The number of nitrogens with one attached hydrogen (secondary N) is 1. The normalized spacial score (nSPS) is 15.5. The zero-order chi connectivity index (χ0) is 22.5. The fraction of sp³-hybridized carbons (Fsp3) is 0.348. The number of carbonyl (C=O) groups excluding carboxylic acids is 3. The summed E-state index contributed by atoms with van der Waals surface area (Å²) in [6.07, 6.45) is -0.00209. The van der Waals surface area contributed by atoms with Gasteiger partial charge < -0.3 is 24.4 Å². The first-order valence-electron chi connectivity index (χ1n) is 9.88. The molecular weight excluding hydrogens is 400 g/mol. The van der Waals surface area contributed by atoms with Crippen molar-refractivity contribution >= 4 is 29.2 Å². The molecule has 164 valence electrons. The van der Waals surface area contributed by atoms with Gasteiger partial charge >= 0.3 is 5.97 Å². The molecule has 0 aromatic heterocycles. The number of ether oxygens (including phenoxy) is 3. The highest BCUT2D eigenvalue weighted by Crippen LogP contribution is 2.36. The third kappa shape index (κ3) is 5.33. The average molecular weight is 426 g/mol. The standard InChI is InChI=1S/C23H26N2O6/c1-14-7-15(2)9-17(8-14)24-21(26)13-31-23(28)16-10-22(27)25(12-16)19-11-18(29-3)5-6-20(19)30-4/h5-9,11,16H,10,12-13H2,1-4H3,(H,24,26)/t16-/m1/s1. The number of methoxy groups -OCH3 is 2. The van der Waals surface area contributed by atoms with E-state index in [4.69, 9.17) is 14.2 Å². The lowest BCUT2D eigenvalue weighted by Crippen LogP contribution is -2.28. The first-order valence-corrected chi connectivity index (χ1v) is 9.88. The van der Waals surface area contributed by atoms with Gasteiger partial charge in [0.2, 0.25) is 5.91 Å². The molecule has 1 heterocycles. The van der Waals surface area contributed by atoms with Gasteiger partial charge in [0, 0.05) is 24.7 Å². The van der Waals surface area contributed by atoms with E-state index in [-0.39, 0.29) is 18.9 Å². The molecule has 0 bridgehead atoms. The maximum absolute atomic E-state index is 12.5. The molecule has 3 rings (SSSR count). The molecule has 0 spiro atoms. The molecule has 2 aromatic rings. The Bertz CT molecular complexity index is 983. The van der Waals surface area contributed by atoms with Gasteiger partial charge in [-0.15, -0.1) is 0 Å². The first kappa shape index (κ1) is 22.1. The predicted molar refractivity (Wildman–Crippen MR) is 116 cm³/mol. The van der Waals surface area contributed by atoms with E-state index in [0.29, 0.717) is 22.9 Å². The minimum Gasteiger partial charge on any atom is -0.497 e. The van der Waals surface area contributed by atoms with Crippen LogP contribution < -0.4 is 19.7 Å². The maximum Gasteiger partial charge on any atom is 0.311 e. The highest BCUT2D eigenvalue weighted by molar-refractivity contribution is 6.01. The lowest BCUT2D eigenvalue weighted by molar-refractivity contribution is -0.151. The molecule has 0 unspecified atom stereocenters. The van der Waals surface area contributed by atoms with Crippen LogP contribution in [0.4, 0.5) is 11.4 Å². The van der Waals surface area contributed by atoms with Crippen LogP contribution in [0.3, 0.4) is 0 Å². The van der Waals surface area contributed by atoms with Gasteiger partial charge in [0.1, 0.15) is 11.5 Å². The van der Waals surface area contributed by atoms with Crippen LogP contribution >= 0.6 is 0 Å². The molecule has 1 atom stereocenters. The monoisotopic (exact) mass is 426 g/mol. The summed E-state index contributed by atoms with van der Waals surface area (Å²) in [4.78, 5) is 38.7. The van der Waals surface area contributed by atoms with Crippen molar-refractivity contribution in [1.82, 2.24) is 0 Å². The van der Waals surface area contributed by atoms with Crippen LogP contribution in [0.15, 0.2) is 36.4 Å². The molecule has 1 aliphatic heterocycles. The smallest absolute Gasteiger partial charge is 0.311 e. The predicted octanol–water partition coefficient (Wildman–Crippen LogP) is 2.86. The van der Waals surface area contributed by atoms with Crippen molar-refractivity contribution < 1.29 is 28.6 Å². The number of rotatable bonds is 7. The number of carbonyl (C=O) groups is 3. The van der Waals surface area contributed by atoms with Crippen molar-refractivity contribution in [3.63, 3.8) is 0 Å². The van der Waals surface area contributed by atoms with Crippen molar-refractivity contribution in [3.8, 4) is 11.5 Å². The number of hydrogen-bond acceptors (Lipinski definition) is 6. The number of aryl methyl sites for hydroxylation is 2. The Morgan fingerprint density at radius 1 is 1.06 bits per heavy atom. The molecule has 0 saturated carbocycles. The van der Waals surface area contributed by atoms with E-state index < -0.39 is 24.4 Å². The lowest BCUT2D eigenvalue weighted by Gasteiger charge is -2.20. The Hall–Kier alpha value is -3.55. The summed E-state index contributed by atoms with van der Waals surface area (Å²) in [5.41, 5.74) is 3.20. The van der Waals surface area contributed by atoms with Crippen LogP contribution in [0.5, 0.6) is 11.5 Å². The second-order valence-electron chi connectivity index (χ2n) is 7.48. The van der Waals surface area contributed by atoms with Crippen LogP contribution in [0.2, 0.25) is 0 Å². The molecule has 31 heavy (non-hydrogen) atoms. The summed E-state index contributed by atoms with van der Waals surface area (Å²) >= 11 is 0. The Morgan fingerprint density at radius 2 is 1.77 bits per heavy atom. The van der Waals surface area contributed by atoms with E-state index in [2.05, 4.69) is 5.32 Å².